The Kier molecular flexibility index (Phi) is 6.42. The number of benzene rings is 1. The maximum Gasteiger partial charge on any atom is 0.223 e. The first-order valence-electron chi connectivity index (χ1n) is 9.23. The molecule has 1 aromatic rings. The van der Waals surface area contributed by atoms with E-state index in [4.69, 9.17) is 4.74 Å². The van der Waals surface area contributed by atoms with E-state index in [1.54, 1.807) is 4.90 Å². The minimum Gasteiger partial charge on any atom is -0.378 e. The van der Waals surface area contributed by atoms with Gasteiger partial charge in [-0.25, -0.2) is 0 Å². The van der Waals surface area contributed by atoms with Gasteiger partial charge < -0.3 is 19.4 Å². The third-order valence-electron chi connectivity index (χ3n) is 5.04. The number of hydrogen-bond acceptors (Lipinski definition) is 3. The Morgan fingerprint density at radius 1 is 0.880 bits per heavy atom. The van der Waals surface area contributed by atoms with Crippen LogP contribution in [0.15, 0.2) is 30.3 Å². The fourth-order valence-corrected chi connectivity index (χ4v) is 3.48. The number of nitrogens with one attached hydrogen (secondary N) is 1. The molecule has 0 spiro atoms. The predicted octanol–water partition coefficient (Wildman–Crippen LogP) is -0.447. The largest absolute Gasteiger partial charge is 0.378 e. The van der Waals surface area contributed by atoms with Crippen LogP contribution in [0.25, 0.3) is 0 Å². The SMILES string of the molecule is O=C(CCC(=O)N1CC[NH+](Cc2ccccc2)CC1)N1CCOCC1. The van der Waals surface area contributed by atoms with Crippen LogP contribution >= 0.6 is 0 Å². The number of morpholine rings is 1. The Bertz CT molecular complexity index is 565. The van der Waals surface area contributed by atoms with Gasteiger partial charge in [0.2, 0.25) is 11.8 Å². The molecule has 2 fully saturated rings. The molecule has 136 valence electrons. The van der Waals surface area contributed by atoms with Crippen molar-refractivity contribution in [3.8, 4) is 0 Å². The van der Waals surface area contributed by atoms with E-state index in [1.807, 2.05) is 11.0 Å². The number of carbonyl (C=O) groups excluding carboxylic acids is 2. The average Bonchev–Trinajstić information content (AvgIpc) is 2.68. The molecule has 25 heavy (non-hydrogen) atoms. The van der Waals surface area contributed by atoms with E-state index in [-0.39, 0.29) is 11.8 Å². The Labute approximate surface area is 149 Å². The number of quaternary nitrogens is 1. The van der Waals surface area contributed by atoms with E-state index in [9.17, 15) is 9.59 Å². The van der Waals surface area contributed by atoms with Gasteiger partial charge in [-0.1, -0.05) is 30.3 Å². The third kappa shape index (κ3) is 5.28. The second kappa shape index (κ2) is 8.97. The van der Waals surface area contributed by atoms with E-state index >= 15 is 0 Å². The summed E-state index contributed by atoms with van der Waals surface area (Å²) in [7, 11) is 0. The fourth-order valence-electron chi connectivity index (χ4n) is 3.48. The van der Waals surface area contributed by atoms with Crippen molar-refractivity contribution in [2.75, 3.05) is 52.5 Å². The van der Waals surface area contributed by atoms with Crippen molar-refractivity contribution in [1.82, 2.24) is 9.80 Å². The van der Waals surface area contributed by atoms with Gasteiger partial charge in [0.05, 0.1) is 39.4 Å². The van der Waals surface area contributed by atoms with Crippen LogP contribution in [0.2, 0.25) is 0 Å². The molecule has 0 aromatic heterocycles. The van der Waals surface area contributed by atoms with Crippen LogP contribution in [0, 0.1) is 0 Å². The normalized spacial score (nSPS) is 19.0. The van der Waals surface area contributed by atoms with Crippen LogP contribution < -0.4 is 4.90 Å². The summed E-state index contributed by atoms with van der Waals surface area (Å²) >= 11 is 0. The summed E-state index contributed by atoms with van der Waals surface area (Å²) in [5, 5.41) is 0. The lowest BCUT2D eigenvalue weighted by Gasteiger charge is -2.32. The van der Waals surface area contributed by atoms with E-state index in [2.05, 4.69) is 24.3 Å². The van der Waals surface area contributed by atoms with E-state index in [1.165, 1.54) is 10.5 Å². The highest BCUT2D eigenvalue weighted by molar-refractivity contribution is 5.83. The predicted molar refractivity (Wildman–Crippen MR) is 94.1 cm³/mol. The number of piperazine rings is 1. The molecular weight excluding hydrogens is 318 g/mol. The summed E-state index contributed by atoms with van der Waals surface area (Å²) in [4.78, 5) is 29.7. The van der Waals surface area contributed by atoms with E-state index in [0.717, 1.165) is 32.7 Å². The first-order chi connectivity index (χ1) is 12.2. The smallest absolute Gasteiger partial charge is 0.223 e. The molecule has 2 aliphatic heterocycles. The van der Waals surface area contributed by atoms with Crippen molar-refractivity contribution in [2.24, 2.45) is 0 Å². The molecule has 2 heterocycles. The minimum atomic E-state index is 0.0741. The number of ether oxygens (including phenoxy) is 1. The Hall–Kier alpha value is -1.92. The van der Waals surface area contributed by atoms with Gasteiger partial charge in [0.1, 0.15) is 6.54 Å². The Morgan fingerprint density at radius 2 is 1.44 bits per heavy atom. The summed E-state index contributed by atoms with van der Waals surface area (Å²) in [6.45, 7) is 7.02. The van der Waals surface area contributed by atoms with Crippen LogP contribution in [-0.2, 0) is 20.9 Å². The van der Waals surface area contributed by atoms with Gasteiger partial charge >= 0.3 is 0 Å². The van der Waals surface area contributed by atoms with Crippen LogP contribution in [0.3, 0.4) is 0 Å². The molecular formula is C19H28N3O3+. The van der Waals surface area contributed by atoms with Gasteiger partial charge in [0.25, 0.3) is 0 Å². The van der Waals surface area contributed by atoms with Gasteiger partial charge in [-0.2, -0.15) is 0 Å². The van der Waals surface area contributed by atoms with Gasteiger partial charge in [-0.05, 0) is 0 Å². The molecule has 0 atom stereocenters. The molecule has 3 rings (SSSR count). The quantitative estimate of drug-likeness (QED) is 0.786. The van der Waals surface area contributed by atoms with Crippen molar-refractivity contribution in [3.05, 3.63) is 35.9 Å². The summed E-state index contributed by atoms with van der Waals surface area (Å²) in [6.07, 6.45) is 0.639. The highest BCUT2D eigenvalue weighted by Gasteiger charge is 2.25. The van der Waals surface area contributed by atoms with Crippen molar-refractivity contribution < 1.29 is 19.2 Å². The lowest BCUT2D eigenvalue weighted by molar-refractivity contribution is -0.917. The maximum atomic E-state index is 12.4. The van der Waals surface area contributed by atoms with Gasteiger partial charge in [-0.3, -0.25) is 9.59 Å². The van der Waals surface area contributed by atoms with E-state index < -0.39 is 0 Å². The standard InChI is InChI=1S/C19H27N3O3/c23-18(6-7-19(24)22-12-14-25-15-13-22)21-10-8-20(9-11-21)16-17-4-2-1-3-5-17/h1-5H,6-16H2/p+1. The zero-order valence-corrected chi connectivity index (χ0v) is 14.8. The fraction of sp³-hybridized carbons (Fsp3) is 0.579. The second-order valence-electron chi connectivity index (χ2n) is 6.79. The summed E-state index contributed by atoms with van der Waals surface area (Å²) < 4.78 is 5.25. The summed E-state index contributed by atoms with van der Waals surface area (Å²) in [6, 6.07) is 10.5. The molecule has 0 radical (unpaired) electrons. The van der Waals surface area contributed by atoms with Crippen molar-refractivity contribution in [3.63, 3.8) is 0 Å². The first-order valence-corrected chi connectivity index (χ1v) is 9.23. The molecule has 0 bridgehead atoms. The van der Waals surface area contributed by atoms with Crippen molar-refractivity contribution in [2.45, 2.75) is 19.4 Å². The van der Waals surface area contributed by atoms with Crippen LogP contribution in [0.4, 0.5) is 0 Å². The van der Waals surface area contributed by atoms with E-state index in [0.29, 0.717) is 39.1 Å². The first kappa shape index (κ1) is 17.9. The van der Waals surface area contributed by atoms with Gasteiger partial charge in [0, 0.05) is 31.5 Å². The van der Waals surface area contributed by atoms with Crippen molar-refractivity contribution >= 4 is 11.8 Å². The number of carbonyl (C=O) groups is 2. The highest BCUT2D eigenvalue weighted by Crippen LogP contribution is 2.05. The lowest BCUT2D eigenvalue weighted by Crippen LogP contribution is -3.13. The third-order valence-corrected chi connectivity index (χ3v) is 5.04. The minimum absolute atomic E-state index is 0.0741. The number of hydrogen-bond donors (Lipinski definition) is 1. The average molecular weight is 346 g/mol. The Morgan fingerprint density at radius 3 is 2.04 bits per heavy atom. The Balaban J connectivity index is 1.37. The molecule has 6 nitrogen and oxygen atoms in total. The van der Waals surface area contributed by atoms with Crippen LogP contribution in [0.1, 0.15) is 18.4 Å². The number of nitrogens with zero attached hydrogens (tertiary/aromatic N) is 2. The molecule has 1 aromatic carbocycles. The molecule has 2 saturated heterocycles. The summed E-state index contributed by atoms with van der Waals surface area (Å²) in [5.74, 6) is 0.186. The topological polar surface area (TPSA) is 54.3 Å². The molecule has 0 aliphatic carbocycles. The summed E-state index contributed by atoms with van der Waals surface area (Å²) in [5.41, 5.74) is 1.34. The van der Waals surface area contributed by atoms with Gasteiger partial charge in [-0.15, -0.1) is 0 Å². The molecule has 0 saturated carbocycles. The molecule has 6 heteroatoms. The van der Waals surface area contributed by atoms with Crippen LogP contribution in [0.5, 0.6) is 0 Å². The zero-order chi connectivity index (χ0) is 17.5. The molecule has 0 unspecified atom stereocenters. The number of amides is 2. The molecule has 1 N–H and O–H groups in total. The van der Waals surface area contributed by atoms with Gasteiger partial charge in [0.15, 0.2) is 0 Å². The molecule has 2 aliphatic rings. The van der Waals surface area contributed by atoms with Crippen LogP contribution in [-0.4, -0.2) is 74.1 Å². The lowest BCUT2D eigenvalue weighted by atomic mass is 10.2. The maximum absolute atomic E-state index is 12.4. The molecule has 2 amide bonds. The van der Waals surface area contributed by atoms with Crippen molar-refractivity contribution in [1.29, 1.82) is 0 Å². The second-order valence-corrected chi connectivity index (χ2v) is 6.79. The number of rotatable bonds is 5. The zero-order valence-electron chi connectivity index (χ0n) is 14.8. The highest BCUT2D eigenvalue weighted by atomic mass is 16.5. The monoisotopic (exact) mass is 346 g/mol.